The SMILES string of the molecule is OC12c3ncc(Cl)cc3OC1C(c1ccccc1)CC2CN1CCOCC1. The summed E-state index contributed by atoms with van der Waals surface area (Å²) in [6.07, 6.45) is 2.13. The number of rotatable bonds is 3. The predicted molar refractivity (Wildman–Crippen MR) is 102 cm³/mol. The van der Waals surface area contributed by atoms with Crippen molar-refractivity contribution in [3.05, 3.63) is 58.9 Å². The van der Waals surface area contributed by atoms with E-state index in [1.807, 2.05) is 18.2 Å². The predicted octanol–water partition coefficient (Wildman–Crippen LogP) is 2.82. The minimum Gasteiger partial charge on any atom is -0.484 e. The second-order valence-corrected chi connectivity index (χ2v) is 8.16. The lowest BCUT2D eigenvalue weighted by molar-refractivity contribution is -0.0703. The molecule has 5 nitrogen and oxygen atoms in total. The lowest BCUT2D eigenvalue weighted by Crippen LogP contribution is -2.47. The molecule has 0 radical (unpaired) electrons. The summed E-state index contributed by atoms with van der Waals surface area (Å²) < 4.78 is 11.7. The van der Waals surface area contributed by atoms with Gasteiger partial charge < -0.3 is 14.6 Å². The van der Waals surface area contributed by atoms with Crippen LogP contribution in [0.3, 0.4) is 0 Å². The van der Waals surface area contributed by atoms with Gasteiger partial charge in [-0.25, -0.2) is 0 Å². The molecule has 6 heteroatoms. The summed E-state index contributed by atoms with van der Waals surface area (Å²) in [7, 11) is 0. The molecular formula is C21H23ClN2O3. The number of fused-ring (bicyclic) bond motifs is 3. The van der Waals surface area contributed by atoms with Crippen molar-refractivity contribution in [2.75, 3.05) is 32.8 Å². The van der Waals surface area contributed by atoms with Gasteiger partial charge in [0.15, 0.2) is 5.60 Å². The molecule has 0 bridgehead atoms. The van der Waals surface area contributed by atoms with Crippen LogP contribution in [0, 0.1) is 5.92 Å². The first-order valence-corrected chi connectivity index (χ1v) is 9.94. The van der Waals surface area contributed by atoms with E-state index in [-0.39, 0.29) is 17.9 Å². The summed E-state index contributed by atoms with van der Waals surface area (Å²) in [5.41, 5.74) is 0.733. The smallest absolute Gasteiger partial charge is 0.151 e. The fraction of sp³-hybridized carbons (Fsp3) is 0.476. The molecule has 0 amide bonds. The van der Waals surface area contributed by atoms with Gasteiger partial charge in [0.2, 0.25) is 0 Å². The van der Waals surface area contributed by atoms with E-state index in [1.54, 1.807) is 12.3 Å². The maximum atomic E-state index is 11.9. The van der Waals surface area contributed by atoms with Crippen molar-refractivity contribution in [1.82, 2.24) is 9.88 Å². The second-order valence-electron chi connectivity index (χ2n) is 7.73. The molecule has 3 aliphatic rings. The Morgan fingerprint density at radius 3 is 2.78 bits per heavy atom. The number of benzene rings is 1. The molecule has 4 unspecified atom stereocenters. The van der Waals surface area contributed by atoms with Crippen LogP contribution < -0.4 is 4.74 Å². The number of aliphatic hydroxyl groups is 1. The number of pyridine rings is 1. The van der Waals surface area contributed by atoms with E-state index in [1.165, 1.54) is 5.56 Å². The standard InChI is InChI=1S/C21H23ClN2O3/c22-16-11-18-19(23-12-16)21(25)15(13-24-6-8-26-9-7-24)10-17(20(21)27-18)14-4-2-1-3-5-14/h1-5,11-12,15,17,20,25H,6-10,13H2. The summed E-state index contributed by atoms with van der Waals surface area (Å²) in [4.78, 5) is 6.87. The molecular weight excluding hydrogens is 364 g/mol. The molecule has 1 aromatic heterocycles. The van der Waals surface area contributed by atoms with Crippen molar-refractivity contribution in [3.63, 3.8) is 0 Å². The number of ether oxygens (including phenoxy) is 2. The minimum absolute atomic E-state index is 0.0423. The number of hydrogen-bond donors (Lipinski definition) is 1. The molecule has 2 aromatic rings. The average Bonchev–Trinajstić information content (AvgIpc) is 3.13. The maximum absolute atomic E-state index is 11.9. The van der Waals surface area contributed by atoms with Gasteiger partial charge in [0, 0.05) is 43.7 Å². The molecule has 142 valence electrons. The molecule has 3 heterocycles. The van der Waals surface area contributed by atoms with E-state index in [4.69, 9.17) is 21.1 Å². The normalized spacial score (nSPS) is 32.7. The zero-order valence-electron chi connectivity index (χ0n) is 15.1. The molecule has 4 atom stereocenters. The summed E-state index contributed by atoms with van der Waals surface area (Å²) >= 11 is 6.12. The van der Waals surface area contributed by atoms with Crippen LogP contribution >= 0.6 is 11.6 Å². The van der Waals surface area contributed by atoms with Crippen LogP contribution in [-0.2, 0) is 10.3 Å². The van der Waals surface area contributed by atoms with E-state index in [2.05, 4.69) is 22.0 Å². The topological polar surface area (TPSA) is 54.8 Å². The molecule has 1 saturated carbocycles. The summed E-state index contributed by atoms with van der Waals surface area (Å²) in [6.45, 7) is 4.10. The van der Waals surface area contributed by atoms with E-state index in [9.17, 15) is 5.11 Å². The average molecular weight is 387 g/mol. The number of hydrogen-bond acceptors (Lipinski definition) is 5. The Kier molecular flexibility index (Phi) is 4.36. The number of morpholine rings is 1. The minimum atomic E-state index is -1.10. The first-order valence-electron chi connectivity index (χ1n) is 9.56. The van der Waals surface area contributed by atoms with Crippen LogP contribution in [0.4, 0.5) is 0 Å². The van der Waals surface area contributed by atoms with Crippen molar-refractivity contribution < 1.29 is 14.6 Å². The molecule has 1 N–H and O–H groups in total. The van der Waals surface area contributed by atoms with E-state index in [0.717, 1.165) is 39.3 Å². The quantitative estimate of drug-likeness (QED) is 0.879. The summed E-state index contributed by atoms with van der Waals surface area (Å²) in [5, 5.41) is 12.4. The third kappa shape index (κ3) is 2.85. The summed E-state index contributed by atoms with van der Waals surface area (Å²) in [6, 6.07) is 12.1. The summed E-state index contributed by atoms with van der Waals surface area (Å²) in [5.74, 6) is 0.776. The fourth-order valence-electron chi connectivity index (χ4n) is 4.92. The lowest BCUT2D eigenvalue weighted by Gasteiger charge is -2.34. The number of nitrogens with zero attached hydrogens (tertiary/aromatic N) is 2. The van der Waals surface area contributed by atoms with Gasteiger partial charge in [-0.15, -0.1) is 0 Å². The zero-order chi connectivity index (χ0) is 18.4. The van der Waals surface area contributed by atoms with Gasteiger partial charge in [0.25, 0.3) is 0 Å². The van der Waals surface area contributed by atoms with Crippen molar-refractivity contribution in [1.29, 1.82) is 0 Å². The zero-order valence-corrected chi connectivity index (χ0v) is 15.8. The largest absolute Gasteiger partial charge is 0.484 e. The van der Waals surface area contributed by atoms with Gasteiger partial charge in [0.1, 0.15) is 17.5 Å². The first kappa shape index (κ1) is 17.4. The van der Waals surface area contributed by atoms with Crippen molar-refractivity contribution in [3.8, 4) is 5.75 Å². The van der Waals surface area contributed by atoms with Gasteiger partial charge in [0.05, 0.1) is 18.2 Å². The van der Waals surface area contributed by atoms with Gasteiger partial charge in [-0.3, -0.25) is 9.88 Å². The van der Waals surface area contributed by atoms with Crippen LogP contribution in [-0.4, -0.2) is 53.9 Å². The van der Waals surface area contributed by atoms with E-state index in [0.29, 0.717) is 16.5 Å². The Balaban J connectivity index is 1.53. The van der Waals surface area contributed by atoms with Crippen molar-refractivity contribution in [2.45, 2.75) is 24.0 Å². The van der Waals surface area contributed by atoms with Crippen LogP contribution in [0.2, 0.25) is 5.02 Å². The first-order chi connectivity index (χ1) is 13.2. The molecule has 1 saturated heterocycles. The lowest BCUT2D eigenvalue weighted by atomic mass is 9.86. The molecule has 0 spiro atoms. The third-order valence-electron chi connectivity index (χ3n) is 6.22. The van der Waals surface area contributed by atoms with Crippen LogP contribution in [0.25, 0.3) is 0 Å². The highest BCUT2D eigenvalue weighted by Gasteiger charge is 2.62. The van der Waals surface area contributed by atoms with Gasteiger partial charge in [-0.2, -0.15) is 0 Å². The van der Waals surface area contributed by atoms with Crippen LogP contribution in [0.1, 0.15) is 23.6 Å². The highest BCUT2D eigenvalue weighted by molar-refractivity contribution is 6.30. The Hall–Kier alpha value is -1.66. The van der Waals surface area contributed by atoms with Crippen molar-refractivity contribution in [2.24, 2.45) is 5.92 Å². The third-order valence-corrected chi connectivity index (χ3v) is 6.43. The van der Waals surface area contributed by atoms with E-state index < -0.39 is 5.60 Å². The molecule has 1 aliphatic carbocycles. The highest BCUT2D eigenvalue weighted by Crippen LogP contribution is 2.57. The second kappa shape index (κ2) is 6.74. The maximum Gasteiger partial charge on any atom is 0.151 e. The molecule has 2 fully saturated rings. The Morgan fingerprint density at radius 2 is 2.00 bits per heavy atom. The highest BCUT2D eigenvalue weighted by atomic mass is 35.5. The number of halogens is 1. The van der Waals surface area contributed by atoms with Crippen molar-refractivity contribution >= 4 is 11.6 Å². The van der Waals surface area contributed by atoms with Crippen LogP contribution in [0.15, 0.2) is 42.6 Å². The van der Waals surface area contributed by atoms with E-state index >= 15 is 0 Å². The van der Waals surface area contributed by atoms with Gasteiger partial charge in [-0.1, -0.05) is 41.9 Å². The van der Waals surface area contributed by atoms with Gasteiger partial charge in [-0.05, 0) is 12.0 Å². The Labute approximate surface area is 163 Å². The fourth-order valence-corrected chi connectivity index (χ4v) is 5.07. The number of aromatic nitrogens is 1. The molecule has 1 aromatic carbocycles. The Morgan fingerprint density at radius 1 is 1.22 bits per heavy atom. The molecule has 5 rings (SSSR count). The van der Waals surface area contributed by atoms with Gasteiger partial charge >= 0.3 is 0 Å². The Bertz CT molecular complexity index is 827. The molecule has 2 aliphatic heterocycles. The molecule has 27 heavy (non-hydrogen) atoms. The monoisotopic (exact) mass is 386 g/mol. The van der Waals surface area contributed by atoms with Crippen LogP contribution in [0.5, 0.6) is 5.75 Å².